The summed E-state index contributed by atoms with van der Waals surface area (Å²) in [4.78, 5) is 15.0. The van der Waals surface area contributed by atoms with Crippen LogP contribution in [0.4, 0.5) is 0 Å². The van der Waals surface area contributed by atoms with Crippen molar-refractivity contribution in [2.45, 2.75) is 36.2 Å². The first-order valence-corrected chi connectivity index (χ1v) is 9.75. The zero-order chi connectivity index (χ0) is 17.2. The van der Waals surface area contributed by atoms with Crippen LogP contribution in [0.2, 0.25) is 0 Å². The summed E-state index contributed by atoms with van der Waals surface area (Å²) in [5.74, 6) is -0.0769. The smallest absolute Gasteiger partial charge is 0.254 e. The minimum atomic E-state index is -3.63. The first-order chi connectivity index (χ1) is 11.5. The minimum absolute atomic E-state index is 0.0769. The summed E-state index contributed by atoms with van der Waals surface area (Å²) in [7, 11) is -3.63. The molecule has 1 amide bonds. The second kappa shape index (κ2) is 7.04. The molecule has 3 rings (SSSR count). The van der Waals surface area contributed by atoms with Crippen molar-refractivity contribution in [3.8, 4) is 0 Å². The van der Waals surface area contributed by atoms with Crippen LogP contribution in [0, 0.1) is 0 Å². The molecule has 0 radical (unpaired) electrons. The standard InChI is InChI=1S/C17H23N3O3S/c1-2-9-19-24(22,23)16-5-3-4-13(11-16)17(21)20-14-6-7-15(20)12-18-10-8-14/h2-5,11,14-15,18-19H,1,6-10,12H2. The number of carbonyl (C=O) groups is 1. The maximum Gasteiger partial charge on any atom is 0.254 e. The van der Waals surface area contributed by atoms with Crippen molar-refractivity contribution < 1.29 is 13.2 Å². The molecule has 0 spiro atoms. The van der Waals surface area contributed by atoms with E-state index in [0.29, 0.717) is 5.56 Å². The largest absolute Gasteiger partial charge is 0.331 e. The van der Waals surface area contributed by atoms with E-state index in [2.05, 4.69) is 16.6 Å². The number of sulfonamides is 1. The van der Waals surface area contributed by atoms with Gasteiger partial charge >= 0.3 is 0 Å². The quantitative estimate of drug-likeness (QED) is 0.781. The van der Waals surface area contributed by atoms with Crippen molar-refractivity contribution in [3.05, 3.63) is 42.5 Å². The van der Waals surface area contributed by atoms with E-state index in [4.69, 9.17) is 0 Å². The van der Waals surface area contributed by atoms with E-state index in [9.17, 15) is 13.2 Å². The molecular formula is C17H23N3O3S. The molecule has 2 aliphatic heterocycles. The first kappa shape index (κ1) is 17.1. The Bertz CT molecular complexity index is 718. The summed E-state index contributed by atoms with van der Waals surface area (Å²) in [5, 5.41) is 3.36. The van der Waals surface area contributed by atoms with Crippen molar-refractivity contribution in [2.24, 2.45) is 0 Å². The maximum absolute atomic E-state index is 13.0. The number of fused-ring (bicyclic) bond motifs is 2. The third kappa shape index (κ3) is 3.38. The van der Waals surface area contributed by atoms with Crippen LogP contribution in [-0.4, -0.2) is 50.9 Å². The van der Waals surface area contributed by atoms with Gasteiger partial charge in [0.25, 0.3) is 5.91 Å². The van der Waals surface area contributed by atoms with E-state index in [1.165, 1.54) is 18.2 Å². The van der Waals surface area contributed by atoms with Crippen LogP contribution in [0.25, 0.3) is 0 Å². The van der Waals surface area contributed by atoms with Crippen molar-refractivity contribution in [1.29, 1.82) is 0 Å². The molecule has 24 heavy (non-hydrogen) atoms. The molecule has 2 bridgehead atoms. The Hall–Kier alpha value is -1.70. The number of nitrogens with one attached hydrogen (secondary N) is 2. The molecule has 1 aromatic carbocycles. The van der Waals surface area contributed by atoms with Crippen LogP contribution in [0.15, 0.2) is 41.8 Å². The highest BCUT2D eigenvalue weighted by Crippen LogP contribution is 2.29. The molecule has 2 heterocycles. The zero-order valence-corrected chi connectivity index (χ0v) is 14.4. The van der Waals surface area contributed by atoms with Gasteiger partial charge in [0.15, 0.2) is 0 Å². The molecule has 0 aliphatic carbocycles. The third-order valence-corrected chi connectivity index (χ3v) is 6.12. The Morgan fingerprint density at radius 2 is 2.12 bits per heavy atom. The van der Waals surface area contributed by atoms with E-state index in [-0.39, 0.29) is 29.4 Å². The van der Waals surface area contributed by atoms with Gasteiger partial charge in [0.1, 0.15) is 0 Å². The van der Waals surface area contributed by atoms with Gasteiger partial charge in [0.2, 0.25) is 10.0 Å². The Kier molecular flexibility index (Phi) is 5.03. The van der Waals surface area contributed by atoms with Crippen molar-refractivity contribution >= 4 is 15.9 Å². The second-order valence-electron chi connectivity index (χ2n) is 6.26. The van der Waals surface area contributed by atoms with Gasteiger partial charge in [-0.2, -0.15) is 0 Å². The van der Waals surface area contributed by atoms with Crippen LogP contribution >= 0.6 is 0 Å². The van der Waals surface area contributed by atoms with Crippen LogP contribution in [0.3, 0.4) is 0 Å². The summed E-state index contributed by atoms with van der Waals surface area (Å²) in [6.45, 7) is 5.39. The molecule has 7 heteroatoms. The molecule has 2 unspecified atom stereocenters. The molecule has 2 saturated heterocycles. The van der Waals surface area contributed by atoms with E-state index in [1.807, 2.05) is 4.90 Å². The SMILES string of the molecule is C=CCNS(=O)(=O)c1cccc(C(=O)N2C3CCNCC2CC3)c1. The third-order valence-electron chi connectivity index (χ3n) is 4.70. The van der Waals surface area contributed by atoms with Crippen LogP contribution in [-0.2, 0) is 10.0 Å². The van der Waals surface area contributed by atoms with Crippen molar-refractivity contribution in [1.82, 2.24) is 14.9 Å². The minimum Gasteiger partial charge on any atom is -0.331 e. The number of nitrogens with zero attached hydrogens (tertiary/aromatic N) is 1. The molecule has 2 aliphatic rings. The van der Waals surface area contributed by atoms with Gasteiger partial charge < -0.3 is 10.2 Å². The van der Waals surface area contributed by atoms with E-state index in [1.54, 1.807) is 12.1 Å². The average Bonchev–Trinajstić information content (AvgIpc) is 2.85. The Labute approximate surface area is 143 Å². The van der Waals surface area contributed by atoms with Crippen LogP contribution < -0.4 is 10.0 Å². The lowest BCUT2D eigenvalue weighted by Crippen LogP contribution is -2.42. The lowest BCUT2D eigenvalue weighted by atomic mass is 10.1. The predicted molar refractivity (Wildman–Crippen MR) is 92.3 cm³/mol. The van der Waals surface area contributed by atoms with Crippen molar-refractivity contribution in [2.75, 3.05) is 19.6 Å². The van der Waals surface area contributed by atoms with Gasteiger partial charge in [0.05, 0.1) is 4.90 Å². The zero-order valence-electron chi connectivity index (χ0n) is 13.6. The highest BCUT2D eigenvalue weighted by atomic mass is 32.2. The van der Waals surface area contributed by atoms with E-state index >= 15 is 0 Å². The molecule has 130 valence electrons. The summed E-state index contributed by atoms with van der Waals surface area (Å²) in [6, 6.07) is 6.72. The Morgan fingerprint density at radius 1 is 1.33 bits per heavy atom. The summed E-state index contributed by atoms with van der Waals surface area (Å²) in [6.07, 6.45) is 4.45. The highest BCUT2D eigenvalue weighted by Gasteiger charge is 2.38. The topological polar surface area (TPSA) is 78.5 Å². The number of carbonyl (C=O) groups excluding carboxylic acids is 1. The number of rotatable bonds is 5. The molecule has 0 aromatic heterocycles. The van der Waals surface area contributed by atoms with Gasteiger partial charge in [-0.05, 0) is 44.0 Å². The van der Waals surface area contributed by atoms with E-state index < -0.39 is 10.0 Å². The summed E-state index contributed by atoms with van der Waals surface area (Å²) in [5.41, 5.74) is 0.426. The number of amides is 1. The Morgan fingerprint density at radius 3 is 2.92 bits per heavy atom. The molecular weight excluding hydrogens is 326 g/mol. The fraction of sp³-hybridized carbons (Fsp3) is 0.471. The predicted octanol–water partition coefficient (Wildman–Crippen LogP) is 1.12. The van der Waals surface area contributed by atoms with Crippen molar-refractivity contribution in [3.63, 3.8) is 0 Å². The summed E-state index contributed by atoms with van der Waals surface area (Å²) < 4.78 is 26.9. The number of hydrogen-bond acceptors (Lipinski definition) is 4. The molecule has 2 N–H and O–H groups in total. The molecule has 1 aromatic rings. The maximum atomic E-state index is 13.0. The molecule has 2 atom stereocenters. The second-order valence-corrected chi connectivity index (χ2v) is 8.03. The van der Waals surface area contributed by atoms with Gasteiger partial charge in [0, 0.05) is 30.7 Å². The average molecular weight is 349 g/mol. The van der Waals surface area contributed by atoms with Gasteiger partial charge in [-0.3, -0.25) is 4.79 Å². The normalized spacial score (nSPS) is 23.8. The van der Waals surface area contributed by atoms with Crippen LogP contribution in [0.1, 0.15) is 29.6 Å². The lowest BCUT2D eigenvalue weighted by Gasteiger charge is -2.28. The first-order valence-electron chi connectivity index (χ1n) is 8.27. The van der Waals surface area contributed by atoms with Gasteiger partial charge in [-0.15, -0.1) is 6.58 Å². The lowest BCUT2D eigenvalue weighted by molar-refractivity contribution is 0.0680. The van der Waals surface area contributed by atoms with E-state index in [0.717, 1.165) is 32.4 Å². The Balaban J connectivity index is 1.86. The fourth-order valence-electron chi connectivity index (χ4n) is 3.51. The highest BCUT2D eigenvalue weighted by molar-refractivity contribution is 7.89. The van der Waals surface area contributed by atoms with Crippen LogP contribution in [0.5, 0.6) is 0 Å². The summed E-state index contributed by atoms with van der Waals surface area (Å²) >= 11 is 0. The molecule has 0 saturated carbocycles. The van der Waals surface area contributed by atoms with Gasteiger partial charge in [-0.1, -0.05) is 12.1 Å². The number of hydrogen-bond donors (Lipinski definition) is 2. The number of benzene rings is 1. The monoisotopic (exact) mass is 349 g/mol. The van der Waals surface area contributed by atoms with Gasteiger partial charge in [-0.25, -0.2) is 13.1 Å². The fourth-order valence-corrected chi connectivity index (χ4v) is 4.56. The molecule has 6 nitrogen and oxygen atoms in total. The molecule has 2 fully saturated rings.